The number of aliphatic imine (C=N–C) groups is 1. The monoisotopic (exact) mass is 178 g/mol. The number of carbonyl (C=O) groups excluding carboxylic acids is 1. The Balaban J connectivity index is 2.32. The van der Waals surface area contributed by atoms with Gasteiger partial charge < -0.3 is 10.4 Å². The summed E-state index contributed by atoms with van der Waals surface area (Å²) < 4.78 is 0. The predicted molar refractivity (Wildman–Crippen MR) is 44.3 cm³/mol. The fourth-order valence-corrected chi connectivity index (χ4v) is 1.21. The standard InChI is InChI=1S/C8H6N2O3/c11-7(12)4-1-2-5-6(3-4)10-8(13)9-5/h1-4H,(H,10,13)(H,11,12). The number of nitrogens with one attached hydrogen (secondary N) is 1. The Kier molecular flexibility index (Phi) is 1.51. The zero-order valence-corrected chi connectivity index (χ0v) is 6.52. The van der Waals surface area contributed by atoms with Gasteiger partial charge in [0.05, 0.1) is 17.3 Å². The van der Waals surface area contributed by atoms with Crippen molar-refractivity contribution >= 4 is 17.7 Å². The summed E-state index contributed by atoms with van der Waals surface area (Å²) in [5.74, 6) is -1.61. The van der Waals surface area contributed by atoms with E-state index in [1.54, 1.807) is 0 Å². The van der Waals surface area contributed by atoms with Crippen LogP contribution in [-0.2, 0) is 4.79 Å². The molecule has 13 heavy (non-hydrogen) atoms. The van der Waals surface area contributed by atoms with Crippen LogP contribution in [0.1, 0.15) is 0 Å². The smallest absolute Gasteiger partial charge is 0.346 e. The number of amides is 2. The lowest BCUT2D eigenvalue weighted by molar-refractivity contribution is -0.138. The maximum atomic E-state index is 10.8. The van der Waals surface area contributed by atoms with Gasteiger partial charge in [-0.3, -0.25) is 4.79 Å². The molecule has 0 radical (unpaired) electrons. The van der Waals surface area contributed by atoms with Gasteiger partial charge in [-0.05, 0) is 12.2 Å². The molecule has 1 aliphatic carbocycles. The number of nitrogens with zero attached hydrogens (tertiary/aromatic N) is 1. The first-order valence-electron chi connectivity index (χ1n) is 3.70. The van der Waals surface area contributed by atoms with Crippen molar-refractivity contribution in [2.45, 2.75) is 0 Å². The Morgan fingerprint density at radius 1 is 1.62 bits per heavy atom. The Hall–Kier alpha value is -1.91. The molecule has 0 fully saturated rings. The van der Waals surface area contributed by atoms with E-state index in [1.807, 2.05) is 0 Å². The number of carbonyl (C=O) groups is 2. The molecule has 2 N–H and O–H groups in total. The molecule has 0 aromatic rings. The lowest BCUT2D eigenvalue weighted by Gasteiger charge is -2.08. The second kappa shape index (κ2) is 2.55. The number of rotatable bonds is 1. The molecule has 66 valence electrons. The van der Waals surface area contributed by atoms with Crippen molar-refractivity contribution in [2.75, 3.05) is 0 Å². The number of hydrogen-bond acceptors (Lipinski definition) is 2. The number of carboxylic acid groups (broad SMARTS) is 1. The normalized spacial score (nSPS) is 24.6. The molecule has 1 unspecified atom stereocenters. The summed E-state index contributed by atoms with van der Waals surface area (Å²) in [5, 5.41) is 11.1. The maximum absolute atomic E-state index is 10.8. The molecule has 1 heterocycles. The van der Waals surface area contributed by atoms with Crippen molar-refractivity contribution in [1.82, 2.24) is 5.32 Å². The van der Waals surface area contributed by atoms with E-state index in [2.05, 4.69) is 10.3 Å². The van der Waals surface area contributed by atoms with E-state index in [4.69, 9.17) is 5.11 Å². The predicted octanol–water partition coefficient (Wildman–Crippen LogP) is 0.305. The van der Waals surface area contributed by atoms with Crippen LogP contribution in [0.5, 0.6) is 0 Å². The molecule has 1 atom stereocenters. The number of urea groups is 1. The van der Waals surface area contributed by atoms with Crippen molar-refractivity contribution in [2.24, 2.45) is 10.9 Å². The summed E-state index contributed by atoms with van der Waals surface area (Å²) >= 11 is 0. The molecule has 5 heteroatoms. The first kappa shape index (κ1) is 7.72. The van der Waals surface area contributed by atoms with Gasteiger partial charge in [0.1, 0.15) is 0 Å². The van der Waals surface area contributed by atoms with Crippen LogP contribution in [0.15, 0.2) is 28.9 Å². The van der Waals surface area contributed by atoms with Crippen LogP contribution in [0.4, 0.5) is 4.79 Å². The second-order valence-corrected chi connectivity index (χ2v) is 2.73. The van der Waals surface area contributed by atoms with Crippen molar-refractivity contribution in [3.63, 3.8) is 0 Å². The summed E-state index contributed by atoms with van der Waals surface area (Å²) in [6, 6.07) is -0.447. The molecule has 0 spiro atoms. The van der Waals surface area contributed by atoms with Crippen molar-refractivity contribution in [3.8, 4) is 0 Å². The average Bonchev–Trinajstić information content (AvgIpc) is 2.42. The van der Waals surface area contributed by atoms with Gasteiger partial charge >= 0.3 is 12.0 Å². The fraction of sp³-hybridized carbons (Fsp3) is 0.125. The number of aliphatic carboxylic acids is 1. The molecular weight excluding hydrogens is 172 g/mol. The summed E-state index contributed by atoms with van der Waals surface area (Å²) in [7, 11) is 0. The lowest BCUT2D eigenvalue weighted by Crippen LogP contribution is -2.20. The zero-order chi connectivity index (χ0) is 9.42. The molecule has 5 nitrogen and oxygen atoms in total. The van der Waals surface area contributed by atoms with E-state index in [0.717, 1.165) is 0 Å². The van der Waals surface area contributed by atoms with Crippen molar-refractivity contribution < 1.29 is 14.7 Å². The van der Waals surface area contributed by atoms with Crippen LogP contribution in [0.25, 0.3) is 0 Å². The first-order valence-corrected chi connectivity index (χ1v) is 3.70. The van der Waals surface area contributed by atoms with Gasteiger partial charge in [0.2, 0.25) is 0 Å². The van der Waals surface area contributed by atoms with Gasteiger partial charge in [-0.15, -0.1) is 0 Å². The largest absolute Gasteiger partial charge is 0.481 e. The van der Waals surface area contributed by atoms with E-state index in [1.165, 1.54) is 18.2 Å². The minimum absolute atomic E-state index is 0.447. The molecule has 0 saturated heterocycles. The molecule has 2 rings (SSSR count). The SMILES string of the molecule is O=C1N=C2C=CC(C(=O)O)C=C2N1. The summed E-state index contributed by atoms with van der Waals surface area (Å²) in [5.41, 5.74) is 0.988. The van der Waals surface area contributed by atoms with Crippen LogP contribution in [0.3, 0.4) is 0 Å². The van der Waals surface area contributed by atoms with Crippen LogP contribution in [-0.4, -0.2) is 22.8 Å². The number of fused-ring (bicyclic) bond motifs is 1. The Morgan fingerprint density at radius 2 is 2.38 bits per heavy atom. The molecular formula is C8H6N2O3. The van der Waals surface area contributed by atoms with Gasteiger partial charge in [-0.25, -0.2) is 4.79 Å². The third-order valence-corrected chi connectivity index (χ3v) is 1.83. The molecule has 1 aliphatic heterocycles. The lowest BCUT2D eigenvalue weighted by atomic mass is 10.0. The molecule has 2 aliphatic rings. The molecule has 2 amide bonds. The van der Waals surface area contributed by atoms with Gasteiger partial charge in [0.25, 0.3) is 0 Å². The van der Waals surface area contributed by atoms with E-state index in [-0.39, 0.29) is 0 Å². The van der Waals surface area contributed by atoms with E-state index in [9.17, 15) is 9.59 Å². The van der Waals surface area contributed by atoms with E-state index >= 15 is 0 Å². The minimum atomic E-state index is -0.941. The highest BCUT2D eigenvalue weighted by Crippen LogP contribution is 2.16. The van der Waals surface area contributed by atoms with E-state index in [0.29, 0.717) is 11.4 Å². The minimum Gasteiger partial charge on any atom is -0.481 e. The number of allylic oxidation sites excluding steroid dienone is 1. The Bertz CT molecular complexity index is 379. The Labute approximate surface area is 73.5 Å². The average molecular weight is 178 g/mol. The van der Waals surface area contributed by atoms with Gasteiger partial charge in [0.15, 0.2) is 0 Å². The third kappa shape index (κ3) is 1.24. The molecule has 0 bridgehead atoms. The third-order valence-electron chi connectivity index (χ3n) is 1.83. The highest BCUT2D eigenvalue weighted by molar-refractivity contribution is 6.19. The van der Waals surface area contributed by atoms with Crippen LogP contribution >= 0.6 is 0 Å². The van der Waals surface area contributed by atoms with Crippen LogP contribution in [0, 0.1) is 5.92 Å². The molecule has 0 aromatic carbocycles. The quantitative estimate of drug-likeness (QED) is 0.606. The highest BCUT2D eigenvalue weighted by Gasteiger charge is 2.24. The Morgan fingerprint density at radius 3 is 3.08 bits per heavy atom. The first-order chi connectivity index (χ1) is 6.16. The van der Waals surface area contributed by atoms with Gasteiger partial charge in [-0.2, -0.15) is 4.99 Å². The van der Waals surface area contributed by atoms with Crippen molar-refractivity contribution in [3.05, 3.63) is 23.9 Å². The highest BCUT2D eigenvalue weighted by atomic mass is 16.4. The fourth-order valence-electron chi connectivity index (χ4n) is 1.21. The topological polar surface area (TPSA) is 78.8 Å². The molecule has 0 aromatic heterocycles. The summed E-state index contributed by atoms with van der Waals surface area (Å²) in [6.45, 7) is 0. The summed E-state index contributed by atoms with van der Waals surface area (Å²) in [4.78, 5) is 25.0. The number of carboxylic acids is 1. The molecule has 0 saturated carbocycles. The van der Waals surface area contributed by atoms with Gasteiger partial charge in [0, 0.05) is 0 Å². The van der Waals surface area contributed by atoms with Gasteiger partial charge in [-0.1, -0.05) is 6.08 Å². The maximum Gasteiger partial charge on any atom is 0.346 e. The second-order valence-electron chi connectivity index (χ2n) is 2.73. The van der Waals surface area contributed by atoms with Crippen LogP contribution in [0.2, 0.25) is 0 Å². The van der Waals surface area contributed by atoms with Crippen LogP contribution < -0.4 is 5.32 Å². The zero-order valence-electron chi connectivity index (χ0n) is 6.52. The summed E-state index contributed by atoms with van der Waals surface area (Å²) in [6.07, 6.45) is 4.49. The van der Waals surface area contributed by atoms with E-state index < -0.39 is 17.9 Å². The van der Waals surface area contributed by atoms with Crippen molar-refractivity contribution in [1.29, 1.82) is 0 Å². The number of hydrogen-bond donors (Lipinski definition) is 2.